The first-order valence-corrected chi connectivity index (χ1v) is 5.26. The summed E-state index contributed by atoms with van der Waals surface area (Å²) in [7, 11) is 0. The van der Waals surface area contributed by atoms with Crippen molar-refractivity contribution >= 4 is 5.97 Å². The average molecular weight is 219 g/mol. The summed E-state index contributed by atoms with van der Waals surface area (Å²) in [5, 5.41) is 11.8. The van der Waals surface area contributed by atoms with Crippen LogP contribution in [0, 0.1) is 6.92 Å². The summed E-state index contributed by atoms with van der Waals surface area (Å²) in [4.78, 5) is 10.5. The van der Waals surface area contributed by atoms with Crippen LogP contribution in [0.4, 0.5) is 0 Å². The van der Waals surface area contributed by atoms with Gasteiger partial charge in [-0.15, -0.1) is 0 Å². The number of carboxylic acid groups (broad SMARTS) is 1. The zero-order chi connectivity index (χ0) is 12.0. The van der Waals surface area contributed by atoms with Crippen LogP contribution in [-0.2, 0) is 11.3 Å². The smallest absolute Gasteiger partial charge is 0.330 e. The first-order valence-electron chi connectivity index (χ1n) is 5.26. The Balaban J connectivity index is 2.40. The normalized spacial score (nSPS) is 11.5. The number of hydrogen-bond donors (Lipinski definition) is 2. The Morgan fingerprint density at radius 2 is 2.12 bits per heavy atom. The van der Waals surface area contributed by atoms with Crippen LogP contribution >= 0.6 is 0 Å². The summed E-state index contributed by atoms with van der Waals surface area (Å²) in [6.45, 7) is 5.00. The molecule has 0 saturated heterocycles. The quantitative estimate of drug-likeness (QED) is 0.589. The Kier molecular flexibility index (Phi) is 4.73. The van der Waals surface area contributed by atoms with E-state index < -0.39 is 5.97 Å². The molecule has 0 aliphatic heterocycles. The summed E-state index contributed by atoms with van der Waals surface area (Å²) in [6, 6.07) is 8.14. The predicted octanol–water partition coefficient (Wildman–Crippen LogP) is 2.12. The molecule has 0 bridgehead atoms. The maximum Gasteiger partial charge on any atom is 0.330 e. The Morgan fingerprint density at radius 3 is 2.75 bits per heavy atom. The fourth-order valence-electron chi connectivity index (χ4n) is 1.33. The molecule has 3 nitrogen and oxygen atoms in total. The van der Waals surface area contributed by atoms with Crippen molar-refractivity contribution in [3.05, 3.63) is 47.0 Å². The molecule has 0 saturated carbocycles. The van der Waals surface area contributed by atoms with Crippen LogP contribution in [0.15, 0.2) is 35.9 Å². The second kappa shape index (κ2) is 6.08. The van der Waals surface area contributed by atoms with E-state index in [0.29, 0.717) is 12.1 Å². The lowest BCUT2D eigenvalue weighted by atomic mass is 10.1. The molecule has 16 heavy (non-hydrogen) atoms. The number of hydrogen-bond acceptors (Lipinski definition) is 2. The van der Waals surface area contributed by atoms with E-state index >= 15 is 0 Å². The van der Waals surface area contributed by atoms with E-state index in [-0.39, 0.29) is 0 Å². The lowest BCUT2D eigenvalue weighted by Gasteiger charge is -2.05. The van der Waals surface area contributed by atoms with Gasteiger partial charge >= 0.3 is 5.97 Å². The number of rotatable bonds is 5. The van der Waals surface area contributed by atoms with Crippen molar-refractivity contribution in [3.8, 4) is 0 Å². The molecule has 2 N–H and O–H groups in total. The van der Waals surface area contributed by atoms with Gasteiger partial charge in [0, 0.05) is 18.7 Å². The maximum atomic E-state index is 10.5. The van der Waals surface area contributed by atoms with Gasteiger partial charge in [-0.2, -0.15) is 0 Å². The number of aryl methyl sites for hydroxylation is 1. The second-order valence-corrected chi connectivity index (χ2v) is 3.75. The van der Waals surface area contributed by atoms with Crippen LogP contribution in [0.5, 0.6) is 0 Å². The molecule has 0 aromatic heterocycles. The molecule has 1 rings (SSSR count). The van der Waals surface area contributed by atoms with Crippen molar-refractivity contribution in [3.63, 3.8) is 0 Å². The number of carboxylic acids is 1. The Morgan fingerprint density at radius 1 is 1.44 bits per heavy atom. The Labute approximate surface area is 95.8 Å². The zero-order valence-electron chi connectivity index (χ0n) is 9.66. The highest BCUT2D eigenvalue weighted by molar-refractivity contribution is 5.85. The number of nitrogens with one attached hydrogen (secondary N) is 1. The highest BCUT2D eigenvalue weighted by Crippen LogP contribution is 2.05. The fourth-order valence-corrected chi connectivity index (χ4v) is 1.33. The maximum absolute atomic E-state index is 10.5. The van der Waals surface area contributed by atoms with E-state index in [1.54, 1.807) is 13.0 Å². The molecule has 0 atom stereocenters. The zero-order valence-corrected chi connectivity index (χ0v) is 9.66. The lowest BCUT2D eigenvalue weighted by molar-refractivity contribution is -0.132. The Bertz CT molecular complexity index is 397. The average Bonchev–Trinajstić information content (AvgIpc) is 2.26. The van der Waals surface area contributed by atoms with Gasteiger partial charge in [-0.25, -0.2) is 4.79 Å². The second-order valence-electron chi connectivity index (χ2n) is 3.75. The van der Waals surface area contributed by atoms with Crippen LogP contribution in [0.25, 0.3) is 0 Å². The first-order chi connectivity index (χ1) is 7.61. The van der Waals surface area contributed by atoms with Gasteiger partial charge in [0.2, 0.25) is 0 Å². The van der Waals surface area contributed by atoms with E-state index in [2.05, 4.69) is 24.4 Å². The third-order valence-electron chi connectivity index (χ3n) is 2.47. The van der Waals surface area contributed by atoms with Crippen LogP contribution in [-0.4, -0.2) is 17.6 Å². The SMILES string of the molecule is C/C(=C/CNCc1ccccc1C)C(=O)O. The highest BCUT2D eigenvalue weighted by Gasteiger charge is 1.98. The molecule has 0 aliphatic carbocycles. The standard InChI is InChI=1S/C13H17NO2/c1-10-5-3-4-6-12(10)9-14-8-7-11(2)13(15)16/h3-7,14H,8-9H2,1-2H3,(H,15,16)/b11-7-. The summed E-state index contributed by atoms with van der Waals surface area (Å²) < 4.78 is 0. The molecule has 0 fully saturated rings. The van der Waals surface area contributed by atoms with Crippen LogP contribution < -0.4 is 5.32 Å². The molecule has 0 heterocycles. The van der Waals surface area contributed by atoms with Crippen molar-refractivity contribution in [1.29, 1.82) is 0 Å². The molecular weight excluding hydrogens is 202 g/mol. The van der Waals surface area contributed by atoms with Crippen molar-refractivity contribution in [1.82, 2.24) is 5.32 Å². The predicted molar refractivity (Wildman–Crippen MR) is 64.3 cm³/mol. The van der Waals surface area contributed by atoms with Crippen molar-refractivity contribution in [2.24, 2.45) is 0 Å². The third kappa shape index (κ3) is 3.87. The van der Waals surface area contributed by atoms with E-state index in [1.165, 1.54) is 11.1 Å². The monoisotopic (exact) mass is 219 g/mol. The minimum Gasteiger partial charge on any atom is -0.478 e. The van der Waals surface area contributed by atoms with Crippen molar-refractivity contribution < 1.29 is 9.90 Å². The van der Waals surface area contributed by atoms with Crippen LogP contribution in [0.3, 0.4) is 0 Å². The molecule has 0 aliphatic rings. The van der Waals surface area contributed by atoms with Crippen molar-refractivity contribution in [2.45, 2.75) is 20.4 Å². The third-order valence-corrected chi connectivity index (χ3v) is 2.47. The highest BCUT2D eigenvalue weighted by atomic mass is 16.4. The lowest BCUT2D eigenvalue weighted by Crippen LogP contribution is -2.14. The minimum absolute atomic E-state index is 0.372. The summed E-state index contributed by atoms with van der Waals surface area (Å²) in [5.74, 6) is -0.863. The molecule has 3 heteroatoms. The van der Waals surface area contributed by atoms with Gasteiger partial charge in [-0.05, 0) is 25.0 Å². The largest absolute Gasteiger partial charge is 0.478 e. The molecular formula is C13H17NO2. The molecule has 0 unspecified atom stereocenters. The van der Waals surface area contributed by atoms with Gasteiger partial charge in [0.1, 0.15) is 0 Å². The Hall–Kier alpha value is -1.61. The van der Waals surface area contributed by atoms with Crippen LogP contribution in [0.1, 0.15) is 18.1 Å². The minimum atomic E-state index is -0.863. The van der Waals surface area contributed by atoms with Gasteiger partial charge in [-0.1, -0.05) is 30.3 Å². The number of carbonyl (C=O) groups is 1. The number of benzene rings is 1. The van der Waals surface area contributed by atoms with Gasteiger partial charge in [-0.3, -0.25) is 0 Å². The van der Waals surface area contributed by atoms with E-state index in [0.717, 1.165) is 6.54 Å². The fraction of sp³-hybridized carbons (Fsp3) is 0.308. The van der Waals surface area contributed by atoms with E-state index in [4.69, 9.17) is 5.11 Å². The molecule has 0 amide bonds. The van der Waals surface area contributed by atoms with E-state index in [1.807, 2.05) is 12.1 Å². The summed E-state index contributed by atoms with van der Waals surface area (Å²) in [6.07, 6.45) is 1.68. The van der Waals surface area contributed by atoms with Crippen LogP contribution in [0.2, 0.25) is 0 Å². The molecule has 86 valence electrons. The molecule has 0 radical (unpaired) electrons. The summed E-state index contributed by atoms with van der Waals surface area (Å²) >= 11 is 0. The van der Waals surface area contributed by atoms with Gasteiger partial charge in [0.05, 0.1) is 0 Å². The van der Waals surface area contributed by atoms with Crippen molar-refractivity contribution in [2.75, 3.05) is 6.54 Å². The number of aliphatic carboxylic acids is 1. The van der Waals surface area contributed by atoms with Gasteiger partial charge < -0.3 is 10.4 Å². The molecule has 1 aromatic rings. The van der Waals surface area contributed by atoms with Gasteiger partial charge in [0.25, 0.3) is 0 Å². The topological polar surface area (TPSA) is 49.3 Å². The molecule has 1 aromatic carbocycles. The van der Waals surface area contributed by atoms with Gasteiger partial charge in [0.15, 0.2) is 0 Å². The van der Waals surface area contributed by atoms with E-state index in [9.17, 15) is 4.79 Å². The summed E-state index contributed by atoms with van der Waals surface area (Å²) in [5.41, 5.74) is 2.86. The molecule has 0 spiro atoms. The first kappa shape index (κ1) is 12.5.